The molecule has 0 amide bonds. The molecule has 1 aromatic heterocycles. The molecule has 3 aromatic rings. The van der Waals surface area contributed by atoms with Crippen molar-refractivity contribution >= 4 is 49.4 Å². The summed E-state index contributed by atoms with van der Waals surface area (Å²) in [4.78, 5) is 4.45. The highest BCUT2D eigenvalue weighted by molar-refractivity contribution is 14.1. The van der Waals surface area contributed by atoms with Crippen LogP contribution in [0.15, 0.2) is 59.2 Å². The third kappa shape index (κ3) is 2.98. The molecule has 0 fully saturated rings. The molecule has 0 aliphatic rings. The largest absolute Gasteiger partial charge is 0.309 e. The zero-order valence-corrected chi connectivity index (χ0v) is 15.2. The van der Waals surface area contributed by atoms with Gasteiger partial charge in [-0.05, 0) is 71.1 Å². The predicted octanol–water partition coefficient (Wildman–Crippen LogP) is 4.91. The van der Waals surface area contributed by atoms with E-state index in [0.717, 1.165) is 9.99 Å². The second-order valence-corrected chi connectivity index (χ2v) is 6.88. The molecule has 1 N–H and O–H groups in total. The van der Waals surface area contributed by atoms with Crippen molar-refractivity contribution in [2.75, 3.05) is 7.05 Å². The molecule has 3 rings (SSSR count). The number of hydrogen-bond donors (Lipinski definition) is 1. The average Bonchev–Trinajstić information content (AvgIpc) is 2.51. The third-order valence-electron chi connectivity index (χ3n) is 3.55. The fourth-order valence-corrected chi connectivity index (χ4v) is 3.62. The van der Waals surface area contributed by atoms with Gasteiger partial charge in [0, 0.05) is 19.6 Å². The van der Waals surface area contributed by atoms with Gasteiger partial charge in [0.25, 0.3) is 0 Å². The summed E-state index contributed by atoms with van der Waals surface area (Å²) in [5.74, 6) is 0. The van der Waals surface area contributed by atoms with Crippen LogP contribution in [0, 0.1) is 3.57 Å². The number of pyridine rings is 1. The topological polar surface area (TPSA) is 24.9 Å². The maximum atomic E-state index is 4.45. The molecule has 0 saturated heterocycles. The number of fused-ring (bicyclic) bond motifs is 1. The van der Waals surface area contributed by atoms with E-state index in [1.54, 1.807) is 0 Å². The van der Waals surface area contributed by atoms with Crippen LogP contribution in [-0.4, -0.2) is 12.0 Å². The van der Waals surface area contributed by atoms with Crippen molar-refractivity contribution in [1.29, 1.82) is 0 Å². The Morgan fingerprint density at radius 3 is 2.76 bits per heavy atom. The molecule has 1 heterocycles. The summed E-state index contributed by atoms with van der Waals surface area (Å²) >= 11 is 5.96. The van der Waals surface area contributed by atoms with Gasteiger partial charge in [0.05, 0.1) is 11.6 Å². The highest BCUT2D eigenvalue weighted by Gasteiger charge is 2.17. The lowest BCUT2D eigenvalue weighted by Crippen LogP contribution is -2.19. The van der Waals surface area contributed by atoms with Gasteiger partial charge in [0.1, 0.15) is 0 Å². The van der Waals surface area contributed by atoms with Gasteiger partial charge < -0.3 is 5.32 Å². The Hall–Kier alpha value is -0.980. The monoisotopic (exact) mass is 452 g/mol. The van der Waals surface area contributed by atoms with E-state index in [9.17, 15) is 0 Å². The first-order valence-corrected chi connectivity index (χ1v) is 8.53. The average molecular weight is 453 g/mol. The minimum absolute atomic E-state index is 0.141. The van der Waals surface area contributed by atoms with Crippen molar-refractivity contribution in [3.05, 3.63) is 73.9 Å². The first-order valence-electron chi connectivity index (χ1n) is 6.66. The van der Waals surface area contributed by atoms with Crippen molar-refractivity contribution in [3.8, 4) is 0 Å². The van der Waals surface area contributed by atoms with E-state index in [0.29, 0.717) is 0 Å². The standard InChI is InChI=1S/C17H14BrIN2/c1-20-17(14-10-11(18)7-8-15(14)19)13-4-2-6-16-12(13)5-3-9-21-16/h2-10,17,20H,1H3. The minimum Gasteiger partial charge on any atom is -0.309 e. The molecular weight excluding hydrogens is 439 g/mol. The Balaban J connectivity index is 2.21. The van der Waals surface area contributed by atoms with Crippen molar-refractivity contribution in [2.24, 2.45) is 0 Å². The summed E-state index contributed by atoms with van der Waals surface area (Å²) in [6, 6.07) is 16.9. The third-order valence-corrected chi connectivity index (χ3v) is 5.02. The van der Waals surface area contributed by atoms with Crippen LogP contribution in [0.3, 0.4) is 0 Å². The zero-order valence-electron chi connectivity index (χ0n) is 11.5. The Morgan fingerprint density at radius 1 is 1.10 bits per heavy atom. The van der Waals surface area contributed by atoms with Crippen LogP contribution in [0.25, 0.3) is 10.9 Å². The number of halogens is 2. The number of benzene rings is 2. The van der Waals surface area contributed by atoms with Crippen molar-refractivity contribution in [2.45, 2.75) is 6.04 Å². The van der Waals surface area contributed by atoms with E-state index in [-0.39, 0.29) is 6.04 Å². The highest BCUT2D eigenvalue weighted by Crippen LogP contribution is 2.32. The van der Waals surface area contributed by atoms with Crippen molar-refractivity contribution in [3.63, 3.8) is 0 Å². The number of rotatable bonds is 3. The molecule has 1 unspecified atom stereocenters. The van der Waals surface area contributed by atoms with E-state index in [1.807, 2.05) is 19.3 Å². The van der Waals surface area contributed by atoms with Gasteiger partial charge in [-0.1, -0.05) is 34.1 Å². The fraction of sp³-hybridized carbons (Fsp3) is 0.118. The first-order chi connectivity index (χ1) is 10.2. The van der Waals surface area contributed by atoms with Crippen LogP contribution >= 0.6 is 38.5 Å². The highest BCUT2D eigenvalue weighted by atomic mass is 127. The van der Waals surface area contributed by atoms with E-state index < -0.39 is 0 Å². The number of hydrogen-bond acceptors (Lipinski definition) is 2. The second kappa shape index (κ2) is 6.42. The van der Waals surface area contributed by atoms with Crippen LogP contribution in [0.5, 0.6) is 0 Å². The molecule has 0 bridgehead atoms. The molecule has 0 aliphatic heterocycles. The molecule has 0 spiro atoms. The van der Waals surface area contributed by atoms with Crippen LogP contribution in [0.1, 0.15) is 17.2 Å². The van der Waals surface area contributed by atoms with E-state index in [1.165, 1.54) is 20.1 Å². The lowest BCUT2D eigenvalue weighted by Gasteiger charge is -2.20. The summed E-state index contributed by atoms with van der Waals surface area (Å²) in [5, 5.41) is 4.63. The number of nitrogens with zero attached hydrogens (tertiary/aromatic N) is 1. The Morgan fingerprint density at radius 2 is 1.95 bits per heavy atom. The molecule has 0 saturated carbocycles. The predicted molar refractivity (Wildman–Crippen MR) is 99.5 cm³/mol. The van der Waals surface area contributed by atoms with Crippen LogP contribution in [0.4, 0.5) is 0 Å². The quantitative estimate of drug-likeness (QED) is 0.571. The van der Waals surface area contributed by atoms with Crippen molar-refractivity contribution < 1.29 is 0 Å². The van der Waals surface area contributed by atoms with Gasteiger partial charge in [0.2, 0.25) is 0 Å². The Labute approximate surface area is 146 Å². The smallest absolute Gasteiger partial charge is 0.0705 e. The zero-order chi connectivity index (χ0) is 14.8. The lowest BCUT2D eigenvalue weighted by molar-refractivity contribution is 0.693. The molecule has 0 radical (unpaired) electrons. The molecule has 2 aromatic carbocycles. The van der Waals surface area contributed by atoms with Gasteiger partial charge in [-0.25, -0.2) is 0 Å². The molecule has 21 heavy (non-hydrogen) atoms. The van der Waals surface area contributed by atoms with Crippen molar-refractivity contribution in [1.82, 2.24) is 10.3 Å². The van der Waals surface area contributed by atoms with E-state index in [4.69, 9.17) is 0 Å². The van der Waals surface area contributed by atoms with Gasteiger partial charge >= 0.3 is 0 Å². The lowest BCUT2D eigenvalue weighted by atomic mass is 9.95. The molecule has 0 aliphatic carbocycles. The number of nitrogens with one attached hydrogen (secondary N) is 1. The first kappa shape index (κ1) is 14.9. The second-order valence-electron chi connectivity index (χ2n) is 4.80. The SMILES string of the molecule is CNC(c1cc(Br)ccc1I)c1cccc2ncccc12. The summed E-state index contributed by atoms with van der Waals surface area (Å²) in [7, 11) is 2.00. The molecule has 106 valence electrons. The fourth-order valence-electron chi connectivity index (χ4n) is 2.59. The van der Waals surface area contributed by atoms with Gasteiger partial charge in [-0.3, -0.25) is 4.98 Å². The molecule has 2 nitrogen and oxygen atoms in total. The van der Waals surface area contributed by atoms with Gasteiger partial charge in [-0.2, -0.15) is 0 Å². The Kier molecular flexibility index (Phi) is 4.57. The molecular formula is C17H14BrIN2. The van der Waals surface area contributed by atoms with Crippen LogP contribution in [0.2, 0.25) is 0 Å². The van der Waals surface area contributed by atoms with Gasteiger partial charge in [0.15, 0.2) is 0 Å². The summed E-state index contributed by atoms with van der Waals surface area (Å²) in [6.45, 7) is 0. The summed E-state index contributed by atoms with van der Waals surface area (Å²) < 4.78 is 2.34. The number of aromatic nitrogens is 1. The summed E-state index contributed by atoms with van der Waals surface area (Å²) in [5.41, 5.74) is 3.54. The maximum Gasteiger partial charge on any atom is 0.0705 e. The molecule has 1 atom stereocenters. The summed E-state index contributed by atoms with van der Waals surface area (Å²) in [6.07, 6.45) is 1.84. The molecule has 4 heteroatoms. The maximum absolute atomic E-state index is 4.45. The normalized spacial score (nSPS) is 12.5. The van der Waals surface area contributed by atoms with Crippen LogP contribution in [-0.2, 0) is 0 Å². The van der Waals surface area contributed by atoms with E-state index >= 15 is 0 Å². The van der Waals surface area contributed by atoms with E-state index in [2.05, 4.69) is 91.3 Å². The minimum atomic E-state index is 0.141. The van der Waals surface area contributed by atoms with Crippen LogP contribution < -0.4 is 5.32 Å². The Bertz CT molecular complexity index is 783. The van der Waals surface area contributed by atoms with Gasteiger partial charge in [-0.15, -0.1) is 0 Å².